The van der Waals surface area contributed by atoms with Crippen LogP contribution in [-0.2, 0) is 4.79 Å². The molecule has 1 aromatic carbocycles. The fourth-order valence-electron chi connectivity index (χ4n) is 1.33. The Balaban J connectivity index is 2.88. The van der Waals surface area contributed by atoms with Crippen molar-refractivity contribution in [2.45, 2.75) is 26.3 Å². The molecule has 4 heteroatoms. The maximum atomic E-state index is 13.2. The van der Waals surface area contributed by atoms with Crippen molar-refractivity contribution in [1.82, 2.24) is 0 Å². The number of hydrogen-bond donors (Lipinski definition) is 2. The number of carbonyl (C=O) groups excluding carboxylic acids is 1. The quantitative estimate of drug-likeness (QED) is 0.796. The molecule has 0 bridgehead atoms. The third-order valence-electron chi connectivity index (χ3n) is 2.35. The van der Waals surface area contributed by atoms with E-state index in [9.17, 15) is 9.18 Å². The summed E-state index contributed by atoms with van der Waals surface area (Å²) in [7, 11) is 0. The number of primary amides is 1. The second-order valence-corrected chi connectivity index (χ2v) is 3.42. The topological polar surface area (TPSA) is 55.1 Å². The number of nitrogens with one attached hydrogen (secondary N) is 1. The van der Waals surface area contributed by atoms with Gasteiger partial charge in [0.1, 0.15) is 11.9 Å². The standard InChI is InChI=1S/C11H15FN2O/c1-3-9(11(13)15)14-10-6-4-5-8(12)7(10)2/h4-6,9,14H,3H2,1-2H3,(H2,13,15). The second kappa shape index (κ2) is 4.77. The molecule has 0 aliphatic heterocycles. The summed E-state index contributed by atoms with van der Waals surface area (Å²) >= 11 is 0. The van der Waals surface area contributed by atoms with Crippen molar-refractivity contribution in [1.29, 1.82) is 0 Å². The Kier molecular flexibility index (Phi) is 3.66. The Morgan fingerprint density at radius 3 is 2.80 bits per heavy atom. The zero-order valence-corrected chi connectivity index (χ0v) is 8.88. The van der Waals surface area contributed by atoms with Crippen molar-refractivity contribution in [3.8, 4) is 0 Å². The smallest absolute Gasteiger partial charge is 0.239 e. The molecule has 0 radical (unpaired) electrons. The molecule has 1 amide bonds. The number of rotatable bonds is 4. The van der Waals surface area contributed by atoms with Crippen LogP contribution in [0.25, 0.3) is 0 Å². The van der Waals surface area contributed by atoms with E-state index in [-0.39, 0.29) is 5.82 Å². The molecule has 0 aliphatic rings. The zero-order valence-electron chi connectivity index (χ0n) is 8.88. The average molecular weight is 210 g/mol. The molecule has 0 saturated heterocycles. The molecule has 0 spiro atoms. The van der Waals surface area contributed by atoms with Gasteiger partial charge < -0.3 is 11.1 Å². The normalized spacial score (nSPS) is 12.2. The first-order valence-corrected chi connectivity index (χ1v) is 4.87. The minimum atomic E-state index is -0.453. The van der Waals surface area contributed by atoms with E-state index in [0.29, 0.717) is 17.7 Å². The Morgan fingerprint density at radius 1 is 1.60 bits per heavy atom. The number of halogens is 1. The predicted octanol–water partition coefficient (Wildman–Crippen LogP) is 1.81. The Labute approximate surface area is 88.5 Å². The van der Waals surface area contributed by atoms with Gasteiger partial charge in [0.05, 0.1) is 0 Å². The highest BCUT2D eigenvalue weighted by Gasteiger charge is 2.13. The van der Waals surface area contributed by atoms with Gasteiger partial charge in [0, 0.05) is 11.3 Å². The van der Waals surface area contributed by atoms with E-state index in [4.69, 9.17) is 5.73 Å². The minimum Gasteiger partial charge on any atom is -0.373 e. The van der Waals surface area contributed by atoms with Gasteiger partial charge in [0.2, 0.25) is 5.91 Å². The molecule has 82 valence electrons. The number of benzene rings is 1. The Bertz CT molecular complexity index is 366. The molecule has 0 aliphatic carbocycles. The maximum Gasteiger partial charge on any atom is 0.239 e. The SMILES string of the molecule is CCC(Nc1cccc(F)c1C)C(N)=O. The fourth-order valence-corrected chi connectivity index (χ4v) is 1.33. The van der Waals surface area contributed by atoms with E-state index in [1.54, 1.807) is 19.1 Å². The van der Waals surface area contributed by atoms with Crippen LogP contribution in [0.3, 0.4) is 0 Å². The molecule has 0 saturated carbocycles. The Morgan fingerprint density at radius 2 is 2.27 bits per heavy atom. The maximum absolute atomic E-state index is 13.2. The molecule has 1 aromatic rings. The molecule has 1 rings (SSSR count). The first kappa shape index (κ1) is 11.5. The van der Waals surface area contributed by atoms with Crippen molar-refractivity contribution in [3.63, 3.8) is 0 Å². The monoisotopic (exact) mass is 210 g/mol. The summed E-state index contributed by atoms with van der Waals surface area (Å²) in [4.78, 5) is 11.0. The summed E-state index contributed by atoms with van der Waals surface area (Å²) in [6.07, 6.45) is 0.575. The van der Waals surface area contributed by atoms with Crippen LogP contribution in [0.1, 0.15) is 18.9 Å². The van der Waals surface area contributed by atoms with Crippen LogP contribution in [-0.4, -0.2) is 11.9 Å². The predicted molar refractivity (Wildman–Crippen MR) is 58.0 cm³/mol. The summed E-state index contributed by atoms with van der Waals surface area (Å²) in [6.45, 7) is 3.50. The van der Waals surface area contributed by atoms with Gasteiger partial charge in [-0.3, -0.25) is 4.79 Å². The van der Waals surface area contributed by atoms with Gasteiger partial charge in [-0.1, -0.05) is 13.0 Å². The van der Waals surface area contributed by atoms with Crippen molar-refractivity contribution in [3.05, 3.63) is 29.6 Å². The zero-order chi connectivity index (χ0) is 11.4. The van der Waals surface area contributed by atoms with Crippen LogP contribution in [0, 0.1) is 12.7 Å². The highest BCUT2D eigenvalue weighted by atomic mass is 19.1. The molecule has 15 heavy (non-hydrogen) atoms. The van der Waals surface area contributed by atoms with Gasteiger partial charge in [0.25, 0.3) is 0 Å². The lowest BCUT2D eigenvalue weighted by atomic mass is 10.1. The van der Waals surface area contributed by atoms with E-state index in [2.05, 4.69) is 5.32 Å². The van der Waals surface area contributed by atoms with Gasteiger partial charge in [0.15, 0.2) is 0 Å². The van der Waals surface area contributed by atoms with E-state index in [1.807, 2.05) is 6.92 Å². The van der Waals surface area contributed by atoms with Gasteiger partial charge in [-0.05, 0) is 25.5 Å². The van der Waals surface area contributed by atoms with Crippen LogP contribution in [0.5, 0.6) is 0 Å². The van der Waals surface area contributed by atoms with Crippen LogP contribution in [0.2, 0.25) is 0 Å². The number of carbonyl (C=O) groups is 1. The van der Waals surface area contributed by atoms with E-state index >= 15 is 0 Å². The number of amides is 1. The highest BCUT2D eigenvalue weighted by molar-refractivity contribution is 5.83. The van der Waals surface area contributed by atoms with Gasteiger partial charge >= 0.3 is 0 Å². The third kappa shape index (κ3) is 2.68. The second-order valence-electron chi connectivity index (χ2n) is 3.42. The average Bonchev–Trinajstić information content (AvgIpc) is 2.19. The number of anilines is 1. The first-order chi connectivity index (χ1) is 7.06. The summed E-state index contributed by atoms with van der Waals surface area (Å²) in [6, 6.07) is 4.25. The van der Waals surface area contributed by atoms with E-state index in [1.165, 1.54) is 6.07 Å². The number of hydrogen-bond acceptors (Lipinski definition) is 2. The van der Waals surface area contributed by atoms with Crippen molar-refractivity contribution >= 4 is 11.6 Å². The molecule has 1 atom stereocenters. The molecule has 1 unspecified atom stereocenters. The molecule has 0 heterocycles. The summed E-state index contributed by atoms with van der Waals surface area (Å²) in [5, 5.41) is 2.92. The lowest BCUT2D eigenvalue weighted by Gasteiger charge is -2.16. The summed E-state index contributed by atoms with van der Waals surface area (Å²) in [5.41, 5.74) is 6.30. The third-order valence-corrected chi connectivity index (χ3v) is 2.35. The van der Waals surface area contributed by atoms with Crippen molar-refractivity contribution < 1.29 is 9.18 Å². The van der Waals surface area contributed by atoms with Gasteiger partial charge in [-0.15, -0.1) is 0 Å². The summed E-state index contributed by atoms with van der Waals surface area (Å²) in [5.74, 6) is -0.722. The molecular formula is C11H15FN2O. The summed E-state index contributed by atoms with van der Waals surface area (Å²) < 4.78 is 13.2. The fraction of sp³-hybridized carbons (Fsp3) is 0.364. The van der Waals surface area contributed by atoms with Gasteiger partial charge in [-0.2, -0.15) is 0 Å². The lowest BCUT2D eigenvalue weighted by molar-refractivity contribution is -0.118. The Hall–Kier alpha value is -1.58. The van der Waals surface area contributed by atoms with Crippen LogP contribution < -0.4 is 11.1 Å². The van der Waals surface area contributed by atoms with Crippen LogP contribution in [0.4, 0.5) is 10.1 Å². The molecule has 3 N–H and O–H groups in total. The van der Waals surface area contributed by atoms with Gasteiger partial charge in [-0.25, -0.2) is 4.39 Å². The minimum absolute atomic E-state index is 0.292. The van der Waals surface area contributed by atoms with E-state index in [0.717, 1.165) is 0 Å². The molecule has 0 aromatic heterocycles. The highest BCUT2D eigenvalue weighted by Crippen LogP contribution is 2.18. The number of nitrogens with two attached hydrogens (primary N) is 1. The van der Waals surface area contributed by atoms with Crippen molar-refractivity contribution in [2.24, 2.45) is 5.73 Å². The van der Waals surface area contributed by atoms with Crippen molar-refractivity contribution in [2.75, 3.05) is 5.32 Å². The van der Waals surface area contributed by atoms with E-state index < -0.39 is 11.9 Å². The largest absolute Gasteiger partial charge is 0.373 e. The molecular weight excluding hydrogens is 195 g/mol. The molecule has 3 nitrogen and oxygen atoms in total. The first-order valence-electron chi connectivity index (χ1n) is 4.87. The lowest BCUT2D eigenvalue weighted by Crippen LogP contribution is -2.34. The van der Waals surface area contributed by atoms with Crippen LogP contribution >= 0.6 is 0 Å². The molecule has 0 fully saturated rings. The van der Waals surface area contributed by atoms with Crippen LogP contribution in [0.15, 0.2) is 18.2 Å².